The highest BCUT2D eigenvalue weighted by molar-refractivity contribution is 5.60. The topological polar surface area (TPSA) is 66.0 Å². The number of hydrogen-bond donors (Lipinski definition) is 2. The molecule has 6 heteroatoms. The molecule has 2 aromatic heterocycles. The normalized spacial score (nSPS) is 13.9. The van der Waals surface area contributed by atoms with Gasteiger partial charge in [-0.3, -0.25) is 4.98 Å². The molecule has 0 bridgehead atoms. The lowest BCUT2D eigenvalue weighted by molar-refractivity contribution is 0.713. The van der Waals surface area contributed by atoms with Crippen LogP contribution in [-0.2, 0) is 13.1 Å². The summed E-state index contributed by atoms with van der Waals surface area (Å²) in [7, 11) is 2.12. The molecule has 1 aromatic carbocycles. The van der Waals surface area contributed by atoms with E-state index in [1.807, 2.05) is 18.2 Å². The van der Waals surface area contributed by atoms with Crippen LogP contribution in [0, 0.1) is 0 Å². The van der Waals surface area contributed by atoms with Crippen LogP contribution in [0.5, 0.6) is 0 Å². The Labute approximate surface area is 159 Å². The van der Waals surface area contributed by atoms with E-state index in [0.717, 1.165) is 48.1 Å². The van der Waals surface area contributed by atoms with Crippen molar-refractivity contribution in [2.24, 2.45) is 0 Å². The van der Waals surface area contributed by atoms with Crippen LogP contribution in [0.1, 0.15) is 18.2 Å². The fourth-order valence-electron chi connectivity index (χ4n) is 3.24. The molecule has 27 heavy (non-hydrogen) atoms. The minimum atomic E-state index is 0.314. The second-order valence-electron chi connectivity index (χ2n) is 6.84. The van der Waals surface area contributed by atoms with E-state index in [1.54, 1.807) is 12.4 Å². The van der Waals surface area contributed by atoms with Gasteiger partial charge in [0.05, 0.1) is 5.69 Å². The van der Waals surface area contributed by atoms with Gasteiger partial charge in [0, 0.05) is 61.9 Å². The summed E-state index contributed by atoms with van der Waals surface area (Å²) in [6, 6.07) is 14.6. The van der Waals surface area contributed by atoms with Gasteiger partial charge in [-0.05, 0) is 31.2 Å². The standard InChI is InChI=1S/C21H24N6/c1-15(27(2)17-8-4-3-5-9-17)11-24-21-18-13-23-14-19(18)25-20(26-21)16-7-6-10-22-12-16/h3-10,12,15,23H,11,13-14H2,1-2H3,(H,24,25,26)/t15-/m0/s1. The first-order chi connectivity index (χ1) is 13.2. The zero-order valence-electron chi connectivity index (χ0n) is 15.7. The molecular weight excluding hydrogens is 336 g/mol. The zero-order valence-corrected chi connectivity index (χ0v) is 15.7. The van der Waals surface area contributed by atoms with Gasteiger partial charge in [0.1, 0.15) is 5.82 Å². The monoisotopic (exact) mass is 360 g/mol. The van der Waals surface area contributed by atoms with Gasteiger partial charge in [-0.25, -0.2) is 9.97 Å². The first-order valence-corrected chi connectivity index (χ1v) is 9.25. The van der Waals surface area contributed by atoms with Crippen molar-refractivity contribution < 1.29 is 0 Å². The van der Waals surface area contributed by atoms with Crippen LogP contribution in [0.3, 0.4) is 0 Å². The van der Waals surface area contributed by atoms with Gasteiger partial charge in [0.2, 0.25) is 0 Å². The van der Waals surface area contributed by atoms with Crippen LogP contribution in [0.4, 0.5) is 11.5 Å². The Morgan fingerprint density at radius 3 is 2.74 bits per heavy atom. The molecule has 0 saturated heterocycles. The van der Waals surface area contributed by atoms with Gasteiger partial charge in [-0.1, -0.05) is 18.2 Å². The Morgan fingerprint density at radius 2 is 1.96 bits per heavy atom. The van der Waals surface area contributed by atoms with Crippen LogP contribution in [0.25, 0.3) is 11.4 Å². The highest BCUT2D eigenvalue weighted by Gasteiger charge is 2.20. The third-order valence-electron chi connectivity index (χ3n) is 5.00. The van der Waals surface area contributed by atoms with Crippen molar-refractivity contribution in [3.63, 3.8) is 0 Å². The summed E-state index contributed by atoms with van der Waals surface area (Å²) in [6.07, 6.45) is 3.57. The summed E-state index contributed by atoms with van der Waals surface area (Å²) >= 11 is 0. The van der Waals surface area contributed by atoms with Gasteiger partial charge >= 0.3 is 0 Å². The lowest BCUT2D eigenvalue weighted by Crippen LogP contribution is -2.35. The first kappa shape index (κ1) is 17.4. The number of rotatable bonds is 6. The Bertz CT molecular complexity index is 897. The molecule has 6 nitrogen and oxygen atoms in total. The maximum atomic E-state index is 4.80. The number of likely N-dealkylation sites (N-methyl/N-ethyl adjacent to an activating group) is 1. The van der Waals surface area contributed by atoms with Crippen LogP contribution in [-0.4, -0.2) is 34.6 Å². The summed E-state index contributed by atoms with van der Waals surface area (Å²) in [5, 5.41) is 6.93. The molecule has 0 fully saturated rings. The third-order valence-corrected chi connectivity index (χ3v) is 5.00. The molecule has 0 unspecified atom stereocenters. The minimum absolute atomic E-state index is 0.314. The van der Waals surface area contributed by atoms with Crippen molar-refractivity contribution in [2.75, 3.05) is 23.8 Å². The smallest absolute Gasteiger partial charge is 0.163 e. The second-order valence-corrected chi connectivity index (χ2v) is 6.84. The molecule has 1 atom stereocenters. The molecular formula is C21H24N6. The van der Waals surface area contributed by atoms with Crippen molar-refractivity contribution in [3.05, 3.63) is 66.1 Å². The van der Waals surface area contributed by atoms with Crippen LogP contribution in [0.2, 0.25) is 0 Å². The quantitative estimate of drug-likeness (QED) is 0.704. The van der Waals surface area contributed by atoms with Gasteiger partial charge in [-0.15, -0.1) is 0 Å². The number of pyridine rings is 1. The molecule has 1 aliphatic rings. The van der Waals surface area contributed by atoms with E-state index in [-0.39, 0.29) is 0 Å². The maximum Gasteiger partial charge on any atom is 0.163 e. The van der Waals surface area contributed by atoms with E-state index in [2.05, 4.69) is 58.8 Å². The fourth-order valence-corrected chi connectivity index (χ4v) is 3.24. The average molecular weight is 360 g/mol. The van der Waals surface area contributed by atoms with Crippen LogP contribution in [0.15, 0.2) is 54.9 Å². The maximum absolute atomic E-state index is 4.80. The van der Waals surface area contributed by atoms with Crippen LogP contribution >= 0.6 is 0 Å². The fraction of sp³-hybridized carbons (Fsp3) is 0.286. The molecule has 0 spiro atoms. The molecule has 138 valence electrons. The number of nitrogens with zero attached hydrogens (tertiary/aromatic N) is 4. The molecule has 1 aliphatic heterocycles. The number of anilines is 2. The molecule has 4 rings (SSSR count). The second kappa shape index (κ2) is 7.72. The zero-order chi connectivity index (χ0) is 18.6. The number of fused-ring (bicyclic) bond motifs is 1. The molecule has 2 N–H and O–H groups in total. The van der Waals surface area contributed by atoms with Crippen molar-refractivity contribution in [2.45, 2.75) is 26.1 Å². The lowest BCUT2D eigenvalue weighted by atomic mass is 10.2. The largest absolute Gasteiger partial charge is 0.370 e. The predicted octanol–water partition coefficient (Wildman–Crippen LogP) is 3.08. The van der Waals surface area contributed by atoms with E-state index in [4.69, 9.17) is 9.97 Å². The summed E-state index contributed by atoms with van der Waals surface area (Å²) in [6.45, 7) is 4.58. The lowest BCUT2D eigenvalue weighted by Gasteiger charge is -2.27. The summed E-state index contributed by atoms with van der Waals surface area (Å²) in [4.78, 5) is 16.0. The molecule has 0 amide bonds. The SMILES string of the molecule is C[C@@H](CNc1nc(-c2cccnc2)nc2c1CNC2)N(C)c1ccccc1. The van der Waals surface area contributed by atoms with Crippen molar-refractivity contribution in [3.8, 4) is 11.4 Å². The summed E-state index contributed by atoms with van der Waals surface area (Å²) < 4.78 is 0. The molecule has 3 aromatic rings. The minimum Gasteiger partial charge on any atom is -0.370 e. The Kier molecular flexibility index (Phi) is 4.98. The van der Waals surface area contributed by atoms with E-state index in [0.29, 0.717) is 6.04 Å². The Morgan fingerprint density at radius 1 is 1.11 bits per heavy atom. The third kappa shape index (κ3) is 3.75. The predicted molar refractivity (Wildman–Crippen MR) is 109 cm³/mol. The van der Waals surface area contributed by atoms with E-state index in [1.165, 1.54) is 5.69 Å². The average Bonchev–Trinajstić information content (AvgIpc) is 3.21. The van der Waals surface area contributed by atoms with E-state index < -0.39 is 0 Å². The van der Waals surface area contributed by atoms with Crippen LogP contribution < -0.4 is 15.5 Å². The van der Waals surface area contributed by atoms with Gasteiger partial charge in [0.25, 0.3) is 0 Å². The number of benzene rings is 1. The van der Waals surface area contributed by atoms with Crippen molar-refractivity contribution in [1.29, 1.82) is 0 Å². The Balaban J connectivity index is 1.54. The van der Waals surface area contributed by atoms with E-state index in [9.17, 15) is 0 Å². The van der Waals surface area contributed by atoms with Gasteiger partial charge in [0.15, 0.2) is 5.82 Å². The summed E-state index contributed by atoms with van der Waals surface area (Å²) in [5.41, 5.74) is 4.37. The van der Waals surface area contributed by atoms with Crippen molar-refractivity contribution >= 4 is 11.5 Å². The van der Waals surface area contributed by atoms with E-state index >= 15 is 0 Å². The molecule has 0 radical (unpaired) electrons. The molecule has 3 heterocycles. The number of hydrogen-bond acceptors (Lipinski definition) is 6. The molecule has 0 saturated carbocycles. The molecule has 0 aliphatic carbocycles. The Hall–Kier alpha value is -2.99. The summed E-state index contributed by atoms with van der Waals surface area (Å²) in [5.74, 6) is 1.63. The number of aromatic nitrogens is 3. The highest BCUT2D eigenvalue weighted by atomic mass is 15.2. The van der Waals surface area contributed by atoms with Gasteiger partial charge < -0.3 is 15.5 Å². The number of nitrogens with one attached hydrogen (secondary N) is 2. The number of para-hydroxylation sites is 1. The van der Waals surface area contributed by atoms with Gasteiger partial charge in [-0.2, -0.15) is 0 Å². The first-order valence-electron chi connectivity index (χ1n) is 9.25. The van der Waals surface area contributed by atoms with Crippen molar-refractivity contribution in [1.82, 2.24) is 20.3 Å². The highest BCUT2D eigenvalue weighted by Crippen LogP contribution is 2.25.